The second-order valence-corrected chi connectivity index (χ2v) is 8.09. The van der Waals surface area contributed by atoms with Crippen LogP contribution in [0.3, 0.4) is 0 Å². The Balaban J connectivity index is 1.33. The molecule has 5 rings (SSSR count). The van der Waals surface area contributed by atoms with Gasteiger partial charge in [0.05, 0.1) is 21.3 Å². The van der Waals surface area contributed by atoms with E-state index in [2.05, 4.69) is 15.3 Å². The molecule has 0 bridgehead atoms. The van der Waals surface area contributed by atoms with E-state index in [0.29, 0.717) is 27.7 Å². The molecule has 2 heterocycles. The summed E-state index contributed by atoms with van der Waals surface area (Å²) in [4.78, 5) is 34.3. The van der Waals surface area contributed by atoms with Crippen LogP contribution in [0.1, 0.15) is 17.3 Å². The molecule has 1 N–H and O–H groups in total. The molecule has 32 heavy (non-hydrogen) atoms. The van der Waals surface area contributed by atoms with Crippen molar-refractivity contribution in [3.8, 4) is 11.5 Å². The van der Waals surface area contributed by atoms with E-state index < -0.39 is 18.0 Å². The fraction of sp³-hybridized carbons (Fsp3) is 0.0833. The third kappa shape index (κ3) is 3.83. The zero-order valence-corrected chi connectivity index (χ0v) is 17.8. The molecule has 0 aliphatic heterocycles. The minimum Gasteiger partial charge on any atom is -0.449 e. The summed E-state index contributed by atoms with van der Waals surface area (Å²) in [6.07, 6.45) is -1.02. The molecule has 1 atom stereocenters. The second kappa shape index (κ2) is 8.24. The van der Waals surface area contributed by atoms with Crippen molar-refractivity contribution in [3.05, 3.63) is 78.4 Å². The number of nitrogens with zero attached hydrogens (tertiary/aromatic N) is 2. The number of aromatic nitrogens is 2. The van der Waals surface area contributed by atoms with Crippen molar-refractivity contribution in [1.82, 2.24) is 9.97 Å². The number of hydrogen-bond acceptors (Lipinski definition) is 7. The Kier molecular flexibility index (Phi) is 5.12. The van der Waals surface area contributed by atoms with Gasteiger partial charge in [-0.3, -0.25) is 10.1 Å². The maximum absolute atomic E-state index is 12.9. The molecular weight excluding hydrogens is 426 g/mol. The van der Waals surface area contributed by atoms with Gasteiger partial charge in [0.15, 0.2) is 16.8 Å². The number of thiazole rings is 1. The molecule has 0 saturated carbocycles. The summed E-state index contributed by atoms with van der Waals surface area (Å²) in [5, 5.41) is 3.16. The summed E-state index contributed by atoms with van der Waals surface area (Å²) >= 11 is 1.36. The molecule has 8 heteroatoms. The van der Waals surface area contributed by atoms with Gasteiger partial charge in [-0.15, -0.1) is 0 Å². The van der Waals surface area contributed by atoms with Crippen LogP contribution in [-0.2, 0) is 9.53 Å². The lowest BCUT2D eigenvalue weighted by Gasteiger charge is -2.13. The predicted molar refractivity (Wildman–Crippen MR) is 123 cm³/mol. The molecular formula is C24H17N3O4S. The molecule has 5 aromatic rings. The van der Waals surface area contributed by atoms with Crippen molar-refractivity contribution in [2.75, 3.05) is 5.32 Å². The summed E-state index contributed by atoms with van der Waals surface area (Å²) in [7, 11) is 0. The molecule has 0 fully saturated rings. The number of rotatable bonds is 5. The van der Waals surface area contributed by atoms with Crippen molar-refractivity contribution >= 4 is 49.7 Å². The van der Waals surface area contributed by atoms with Gasteiger partial charge in [0.2, 0.25) is 5.89 Å². The van der Waals surface area contributed by atoms with Crippen molar-refractivity contribution in [1.29, 1.82) is 0 Å². The van der Waals surface area contributed by atoms with Crippen molar-refractivity contribution < 1.29 is 18.7 Å². The number of nitrogens with one attached hydrogen (secondary N) is 1. The van der Waals surface area contributed by atoms with Gasteiger partial charge in [0, 0.05) is 0 Å². The van der Waals surface area contributed by atoms with Gasteiger partial charge in [-0.1, -0.05) is 47.7 Å². The van der Waals surface area contributed by atoms with E-state index in [-0.39, 0.29) is 5.56 Å². The zero-order valence-electron chi connectivity index (χ0n) is 16.9. The molecule has 7 nitrogen and oxygen atoms in total. The van der Waals surface area contributed by atoms with Crippen LogP contribution in [-0.4, -0.2) is 27.9 Å². The highest BCUT2D eigenvalue weighted by atomic mass is 32.1. The van der Waals surface area contributed by atoms with E-state index in [1.165, 1.54) is 18.3 Å². The molecule has 0 radical (unpaired) electrons. The van der Waals surface area contributed by atoms with Crippen molar-refractivity contribution in [2.24, 2.45) is 0 Å². The van der Waals surface area contributed by atoms with Crippen LogP contribution >= 0.6 is 11.3 Å². The third-order valence-electron chi connectivity index (χ3n) is 4.85. The largest absolute Gasteiger partial charge is 0.449 e. The smallest absolute Gasteiger partial charge is 0.339 e. The highest BCUT2D eigenvalue weighted by Crippen LogP contribution is 2.28. The summed E-state index contributed by atoms with van der Waals surface area (Å²) in [6, 6.07) is 21.8. The molecule has 0 saturated heterocycles. The van der Waals surface area contributed by atoms with Crippen LogP contribution in [0.4, 0.5) is 5.13 Å². The first-order valence-corrected chi connectivity index (χ1v) is 10.7. The second-order valence-electron chi connectivity index (χ2n) is 7.06. The molecule has 3 aromatic carbocycles. The van der Waals surface area contributed by atoms with Crippen LogP contribution in [0.25, 0.3) is 32.8 Å². The minimum atomic E-state index is -1.02. The normalized spacial score (nSPS) is 12.0. The summed E-state index contributed by atoms with van der Waals surface area (Å²) in [5.41, 5.74) is 2.86. The highest BCUT2D eigenvalue weighted by molar-refractivity contribution is 7.22. The Morgan fingerprint density at radius 2 is 1.66 bits per heavy atom. The number of hydrogen-bond donors (Lipinski definition) is 1. The third-order valence-corrected chi connectivity index (χ3v) is 5.80. The van der Waals surface area contributed by atoms with E-state index in [9.17, 15) is 9.59 Å². The van der Waals surface area contributed by atoms with Gasteiger partial charge in [-0.05, 0) is 43.3 Å². The number of oxazole rings is 1. The maximum Gasteiger partial charge on any atom is 0.339 e. The van der Waals surface area contributed by atoms with Crippen LogP contribution < -0.4 is 5.32 Å². The maximum atomic E-state index is 12.9. The molecule has 0 aliphatic rings. The van der Waals surface area contributed by atoms with Crippen LogP contribution in [0.5, 0.6) is 0 Å². The first kappa shape index (κ1) is 19.9. The first-order valence-electron chi connectivity index (χ1n) is 9.91. The standard InChI is InChI=1S/C24H17N3O4S/c1-14(21(28)27-24-26-18-11-5-7-13-20(18)32-24)30-23(29)16-9-3-2-8-15(16)22-25-17-10-4-6-12-19(17)31-22/h2-14H,1H3,(H,26,27,28). The lowest BCUT2D eigenvalue weighted by molar-refractivity contribution is -0.123. The Hall–Kier alpha value is -4.04. The summed E-state index contributed by atoms with van der Waals surface area (Å²) in [5.74, 6) is -0.795. The quantitative estimate of drug-likeness (QED) is 0.371. The number of anilines is 1. The predicted octanol–water partition coefficient (Wildman–Crippen LogP) is 5.29. The first-order chi connectivity index (χ1) is 15.6. The van der Waals surface area contributed by atoms with Gasteiger partial charge < -0.3 is 9.15 Å². The lowest BCUT2D eigenvalue weighted by Crippen LogP contribution is -2.30. The van der Waals surface area contributed by atoms with Gasteiger partial charge >= 0.3 is 5.97 Å². The number of carbonyl (C=O) groups is 2. The van der Waals surface area contributed by atoms with Gasteiger partial charge in [0.25, 0.3) is 5.91 Å². The van der Waals surface area contributed by atoms with E-state index in [1.807, 2.05) is 42.5 Å². The molecule has 2 aromatic heterocycles. The van der Waals surface area contributed by atoms with Gasteiger partial charge in [-0.25, -0.2) is 14.8 Å². The Bertz CT molecular complexity index is 1390. The van der Waals surface area contributed by atoms with E-state index >= 15 is 0 Å². The Morgan fingerprint density at radius 3 is 2.47 bits per heavy atom. The Labute approximate surface area is 186 Å². The molecule has 0 spiro atoms. The number of fused-ring (bicyclic) bond motifs is 2. The molecule has 1 amide bonds. The number of amides is 1. The summed E-state index contributed by atoms with van der Waals surface area (Å²) < 4.78 is 12.2. The van der Waals surface area contributed by atoms with E-state index in [1.54, 1.807) is 30.3 Å². The number of esters is 1. The van der Waals surface area contributed by atoms with E-state index in [0.717, 1.165) is 10.2 Å². The van der Waals surface area contributed by atoms with Crippen molar-refractivity contribution in [2.45, 2.75) is 13.0 Å². The van der Waals surface area contributed by atoms with Crippen LogP contribution in [0, 0.1) is 0 Å². The Morgan fingerprint density at radius 1 is 0.938 bits per heavy atom. The van der Waals surface area contributed by atoms with Crippen LogP contribution in [0.15, 0.2) is 77.2 Å². The topological polar surface area (TPSA) is 94.3 Å². The van der Waals surface area contributed by atoms with Gasteiger partial charge in [0.1, 0.15) is 5.52 Å². The highest BCUT2D eigenvalue weighted by Gasteiger charge is 2.23. The number of ether oxygens (including phenoxy) is 1. The molecule has 0 aliphatic carbocycles. The zero-order chi connectivity index (χ0) is 22.1. The van der Waals surface area contributed by atoms with E-state index in [4.69, 9.17) is 9.15 Å². The summed E-state index contributed by atoms with van der Waals surface area (Å²) in [6.45, 7) is 1.52. The fourth-order valence-corrected chi connectivity index (χ4v) is 4.11. The monoisotopic (exact) mass is 443 g/mol. The number of para-hydroxylation sites is 3. The molecule has 1 unspecified atom stereocenters. The fourth-order valence-electron chi connectivity index (χ4n) is 3.25. The average molecular weight is 443 g/mol. The van der Waals surface area contributed by atoms with Crippen molar-refractivity contribution in [3.63, 3.8) is 0 Å². The lowest BCUT2D eigenvalue weighted by atomic mass is 10.1. The minimum absolute atomic E-state index is 0.263. The SMILES string of the molecule is CC(OC(=O)c1ccccc1-c1nc2ccccc2o1)C(=O)Nc1nc2ccccc2s1. The molecule has 158 valence electrons. The number of benzene rings is 3. The van der Waals surface area contributed by atoms with Crippen LogP contribution in [0.2, 0.25) is 0 Å². The average Bonchev–Trinajstić information content (AvgIpc) is 3.42. The van der Waals surface area contributed by atoms with Gasteiger partial charge in [-0.2, -0.15) is 0 Å². The number of carbonyl (C=O) groups excluding carboxylic acids is 2.